The summed E-state index contributed by atoms with van der Waals surface area (Å²) in [6.07, 6.45) is 0. The van der Waals surface area contributed by atoms with Crippen molar-refractivity contribution in [3.05, 3.63) is 63.4 Å². The van der Waals surface area contributed by atoms with Crippen LogP contribution in [0.3, 0.4) is 0 Å². The van der Waals surface area contributed by atoms with E-state index in [-0.39, 0.29) is 18.0 Å². The second-order valence-corrected chi connectivity index (χ2v) is 5.32. The average molecular weight is 348 g/mol. The zero-order valence-electron chi connectivity index (χ0n) is 11.2. The molecule has 0 aliphatic carbocycles. The molecule has 0 amide bonds. The van der Waals surface area contributed by atoms with E-state index in [1.165, 1.54) is 25.1 Å². The minimum atomic E-state index is -0.451. The van der Waals surface area contributed by atoms with Crippen LogP contribution in [-0.2, 0) is 6.61 Å². The lowest BCUT2D eigenvalue weighted by atomic mass is 10.1. The number of ketones is 1. The molecular formula is C16H11BrFNO2. The number of rotatable bonds is 4. The van der Waals surface area contributed by atoms with Crippen LogP contribution in [0.2, 0.25) is 0 Å². The fourth-order valence-corrected chi connectivity index (χ4v) is 2.16. The average Bonchev–Trinajstić information content (AvgIpc) is 2.46. The van der Waals surface area contributed by atoms with Gasteiger partial charge in [-0.05, 0) is 43.3 Å². The van der Waals surface area contributed by atoms with Crippen molar-refractivity contribution in [2.24, 2.45) is 0 Å². The van der Waals surface area contributed by atoms with Crippen LogP contribution < -0.4 is 4.74 Å². The quantitative estimate of drug-likeness (QED) is 0.777. The molecule has 3 nitrogen and oxygen atoms in total. The van der Waals surface area contributed by atoms with Crippen molar-refractivity contribution in [1.82, 2.24) is 0 Å². The molecule has 0 saturated heterocycles. The lowest BCUT2D eigenvalue weighted by molar-refractivity contribution is 0.101. The van der Waals surface area contributed by atoms with E-state index in [4.69, 9.17) is 10.00 Å². The molecule has 0 fully saturated rings. The van der Waals surface area contributed by atoms with Crippen LogP contribution in [0.4, 0.5) is 4.39 Å². The van der Waals surface area contributed by atoms with Gasteiger partial charge in [-0.3, -0.25) is 4.79 Å². The van der Waals surface area contributed by atoms with E-state index in [2.05, 4.69) is 15.9 Å². The van der Waals surface area contributed by atoms with Gasteiger partial charge in [0.25, 0.3) is 0 Å². The Labute approximate surface area is 130 Å². The van der Waals surface area contributed by atoms with Crippen molar-refractivity contribution in [1.29, 1.82) is 5.26 Å². The van der Waals surface area contributed by atoms with E-state index in [0.29, 0.717) is 16.9 Å². The molecule has 0 radical (unpaired) electrons. The van der Waals surface area contributed by atoms with Crippen LogP contribution in [0.25, 0.3) is 0 Å². The zero-order chi connectivity index (χ0) is 15.4. The highest BCUT2D eigenvalue weighted by atomic mass is 79.9. The Hall–Kier alpha value is -2.19. The van der Waals surface area contributed by atoms with Crippen LogP contribution in [0, 0.1) is 17.1 Å². The summed E-state index contributed by atoms with van der Waals surface area (Å²) in [6, 6.07) is 11.0. The summed E-state index contributed by atoms with van der Waals surface area (Å²) in [6.45, 7) is 1.38. The molecule has 0 atom stereocenters. The van der Waals surface area contributed by atoms with Crippen molar-refractivity contribution in [3.63, 3.8) is 0 Å². The Morgan fingerprint density at radius 3 is 2.76 bits per heavy atom. The number of halogens is 2. The Morgan fingerprint density at radius 2 is 2.10 bits per heavy atom. The second-order valence-electron chi connectivity index (χ2n) is 4.40. The van der Waals surface area contributed by atoms with Crippen LogP contribution in [0.15, 0.2) is 40.9 Å². The molecule has 0 N–H and O–H groups in total. The molecule has 0 aliphatic heterocycles. The highest BCUT2D eigenvalue weighted by molar-refractivity contribution is 9.10. The Bertz CT molecular complexity index is 738. The van der Waals surface area contributed by atoms with Gasteiger partial charge in [0, 0.05) is 10.0 Å². The first-order valence-electron chi connectivity index (χ1n) is 6.13. The minimum Gasteiger partial charge on any atom is -0.488 e. The van der Waals surface area contributed by atoms with Crippen molar-refractivity contribution in [2.45, 2.75) is 13.5 Å². The number of carbonyl (C=O) groups is 1. The number of benzene rings is 2. The molecule has 0 spiro atoms. The molecular weight excluding hydrogens is 337 g/mol. The summed E-state index contributed by atoms with van der Waals surface area (Å²) in [5.74, 6) is -0.212. The van der Waals surface area contributed by atoms with Crippen LogP contribution in [-0.4, -0.2) is 5.78 Å². The number of hydrogen-bond donors (Lipinski definition) is 0. The number of Topliss-reactive ketones (excluding diaryl/α,β-unsaturated/α-hetero) is 1. The van der Waals surface area contributed by atoms with E-state index in [1.54, 1.807) is 18.2 Å². The van der Waals surface area contributed by atoms with Crippen molar-refractivity contribution in [3.8, 4) is 11.8 Å². The van der Waals surface area contributed by atoms with Crippen molar-refractivity contribution < 1.29 is 13.9 Å². The molecule has 0 bridgehead atoms. The predicted molar refractivity (Wildman–Crippen MR) is 79.6 cm³/mol. The summed E-state index contributed by atoms with van der Waals surface area (Å²) in [5, 5.41) is 8.83. The maximum atomic E-state index is 13.7. The largest absolute Gasteiger partial charge is 0.488 e. The molecule has 0 aromatic heterocycles. The monoisotopic (exact) mass is 347 g/mol. The predicted octanol–water partition coefficient (Wildman–Crippen LogP) is 4.24. The SMILES string of the molecule is CC(=O)c1ccc(Br)cc1OCc1cc(C#N)ccc1F. The molecule has 2 aromatic rings. The maximum absolute atomic E-state index is 13.7. The van der Waals surface area contributed by atoms with Gasteiger partial charge in [0.2, 0.25) is 0 Å². The van der Waals surface area contributed by atoms with E-state index in [9.17, 15) is 9.18 Å². The Kier molecular flexibility index (Phi) is 4.71. The number of hydrogen-bond acceptors (Lipinski definition) is 3. The number of nitrogens with zero attached hydrogens (tertiary/aromatic N) is 1. The molecule has 0 saturated carbocycles. The van der Waals surface area contributed by atoms with Crippen molar-refractivity contribution >= 4 is 21.7 Å². The van der Waals surface area contributed by atoms with Gasteiger partial charge in [0.15, 0.2) is 5.78 Å². The summed E-state index contributed by atoms with van der Waals surface area (Å²) < 4.78 is 20.0. The third-order valence-corrected chi connectivity index (χ3v) is 3.37. The molecule has 0 heterocycles. The summed E-state index contributed by atoms with van der Waals surface area (Å²) in [5.41, 5.74) is 1.05. The van der Waals surface area contributed by atoms with E-state index in [1.807, 2.05) is 6.07 Å². The third-order valence-electron chi connectivity index (χ3n) is 2.88. The fraction of sp³-hybridized carbons (Fsp3) is 0.125. The molecule has 0 unspecified atom stereocenters. The van der Waals surface area contributed by atoms with Gasteiger partial charge in [0.05, 0.1) is 17.2 Å². The third kappa shape index (κ3) is 3.67. The summed E-state index contributed by atoms with van der Waals surface area (Å²) in [7, 11) is 0. The molecule has 2 rings (SSSR count). The van der Waals surface area contributed by atoms with Gasteiger partial charge in [0.1, 0.15) is 18.2 Å². The molecule has 106 valence electrons. The molecule has 5 heteroatoms. The van der Waals surface area contributed by atoms with E-state index >= 15 is 0 Å². The molecule has 21 heavy (non-hydrogen) atoms. The van der Waals surface area contributed by atoms with Crippen LogP contribution >= 0.6 is 15.9 Å². The highest BCUT2D eigenvalue weighted by Crippen LogP contribution is 2.25. The second kappa shape index (κ2) is 6.51. The van der Waals surface area contributed by atoms with E-state index < -0.39 is 5.82 Å². The van der Waals surface area contributed by atoms with Gasteiger partial charge in [-0.1, -0.05) is 15.9 Å². The van der Waals surface area contributed by atoms with Gasteiger partial charge in [-0.15, -0.1) is 0 Å². The van der Waals surface area contributed by atoms with E-state index in [0.717, 1.165) is 4.47 Å². The topological polar surface area (TPSA) is 50.1 Å². The van der Waals surface area contributed by atoms with Gasteiger partial charge >= 0.3 is 0 Å². The smallest absolute Gasteiger partial charge is 0.163 e. The lowest BCUT2D eigenvalue weighted by Gasteiger charge is -2.11. The minimum absolute atomic E-state index is 0.0575. The Morgan fingerprint density at radius 1 is 1.33 bits per heavy atom. The number of carbonyl (C=O) groups excluding carboxylic acids is 1. The Balaban J connectivity index is 2.26. The van der Waals surface area contributed by atoms with Gasteiger partial charge < -0.3 is 4.74 Å². The number of nitriles is 1. The first kappa shape index (κ1) is 15.2. The fourth-order valence-electron chi connectivity index (χ4n) is 1.82. The van der Waals surface area contributed by atoms with Crippen LogP contribution in [0.5, 0.6) is 5.75 Å². The van der Waals surface area contributed by atoms with Crippen molar-refractivity contribution in [2.75, 3.05) is 0 Å². The zero-order valence-corrected chi connectivity index (χ0v) is 12.8. The van der Waals surface area contributed by atoms with Crippen LogP contribution in [0.1, 0.15) is 28.4 Å². The highest BCUT2D eigenvalue weighted by Gasteiger charge is 2.11. The number of ether oxygens (including phenoxy) is 1. The molecule has 0 aliphatic rings. The van der Waals surface area contributed by atoms with Gasteiger partial charge in [-0.25, -0.2) is 4.39 Å². The van der Waals surface area contributed by atoms with Gasteiger partial charge in [-0.2, -0.15) is 5.26 Å². The lowest BCUT2D eigenvalue weighted by Crippen LogP contribution is -2.03. The standard InChI is InChI=1S/C16H11BrFNO2/c1-10(20)14-4-3-13(17)7-16(14)21-9-12-6-11(8-19)2-5-15(12)18/h2-7H,9H2,1H3. The summed E-state index contributed by atoms with van der Waals surface area (Å²) >= 11 is 3.30. The first-order valence-corrected chi connectivity index (χ1v) is 6.92. The summed E-state index contributed by atoms with van der Waals surface area (Å²) in [4.78, 5) is 11.5. The molecule has 2 aromatic carbocycles. The maximum Gasteiger partial charge on any atom is 0.163 e. The first-order chi connectivity index (χ1) is 10.0. The normalized spacial score (nSPS) is 10.0.